The SMILES string of the molecule is COc1ccc(NC(=O)c2ccco2)cc1NC(=O)COc1ccc(C(C)(C)C)cc1. The fourth-order valence-corrected chi connectivity index (χ4v) is 2.87. The van der Waals surface area contributed by atoms with Crippen LogP contribution in [0, 0.1) is 0 Å². The van der Waals surface area contributed by atoms with Crippen LogP contribution in [0.25, 0.3) is 0 Å². The normalized spacial score (nSPS) is 11.0. The summed E-state index contributed by atoms with van der Waals surface area (Å²) >= 11 is 0. The smallest absolute Gasteiger partial charge is 0.291 e. The molecule has 7 heteroatoms. The summed E-state index contributed by atoms with van der Waals surface area (Å²) in [7, 11) is 1.50. The number of ether oxygens (including phenoxy) is 2. The highest BCUT2D eigenvalue weighted by molar-refractivity contribution is 6.03. The predicted molar refractivity (Wildman–Crippen MR) is 119 cm³/mol. The van der Waals surface area contributed by atoms with E-state index in [1.54, 1.807) is 30.3 Å². The number of benzene rings is 2. The first-order chi connectivity index (χ1) is 14.8. The van der Waals surface area contributed by atoms with Crippen LogP contribution in [-0.2, 0) is 10.2 Å². The summed E-state index contributed by atoms with van der Waals surface area (Å²) in [4.78, 5) is 24.6. The summed E-state index contributed by atoms with van der Waals surface area (Å²) in [5.74, 6) is 0.503. The Bertz CT molecular complexity index is 1030. The van der Waals surface area contributed by atoms with E-state index in [-0.39, 0.29) is 23.7 Å². The topological polar surface area (TPSA) is 89.8 Å². The van der Waals surface area contributed by atoms with Gasteiger partial charge in [-0.15, -0.1) is 0 Å². The quantitative estimate of drug-likeness (QED) is 0.568. The molecule has 0 atom stereocenters. The summed E-state index contributed by atoms with van der Waals surface area (Å²) in [5, 5.41) is 5.47. The Balaban J connectivity index is 1.62. The van der Waals surface area contributed by atoms with Crippen molar-refractivity contribution in [3.63, 3.8) is 0 Å². The largest absolute Gasteiger partial charge is 0.495 e. The second-order valence-electron chi connectivity index (χ2n) is 7.96. The van der Waals surface area contributed by atoms with Gasteiger partial charge < -0.3 is 24.5 Å². The molecule has 1 heterocycles. The number of methoxy groups -OCH3 is 1. The van der Waals surface area contributed by atoms with Gasteiger partial charge in [0.1, 0.15) is 11.5 Å². The maximum absolute atomic E-state index is 12.4. The van der Waals surface area contributed by atoms with E-state index in [1.165, 1.54) is 18.9 Å². The Morgan fingerprint density at radius 1 is 1.00 bits per heavy atom. The molecule has 0 saturated heterocycles. The lowest BCUT2D eigenvalue weighted by atomic mass is 9.87. The van der Waals surface area contributed by atoms with Gasteiger partial charge >= 0.3 is 0 Å². The zero-order chi connectivity index (χ0) is 22.4. The Morgan fingerprint density at radius 2 is 1.74 bits per heavy atom. The number of anilines is 2. The van der Waals surface area contributed by atoms with Gasteiger partial charge in [-0.3, -0.25) is 9.59 Å². The van der Waals surface area contributed by atoms with Crippen LogP contribution in [0.3, 0.4) is 0 Å². The van der Waals surface area contributed by atoms with Crippen LogP contribution < -0.4 is 20.1 Å². The number of nitrogens with one attached hydrogen (secondary N) is 2. The van der Waals surface area contributed by atoms with Crippen molar-refractivity contribution in [2.45, 2.75) is 26.2 Å². The zero-order valence-electron chi connectivity index (χ0n) is 18.0. The molecule has 0 aliphatic carbocycles. The van der Waals surface area contributed by atoms with E-state index in [1.807, 2.05) is 24.3 Å². The molecule has 1 aromatic heterocycles. The van der Waals surface area contributed by atoms with Gasteiger partial charge in [0.05, 0.1) is 19.1 Å². The molecule has 3 aromatic rings. The highest BCUT2D eigenvalue weighted by Gasteiger charge is 2.15. The molecule has 7 nitrogen and oxygen atoms in total. The minimum Gasteiger partial charge on any atom is -0.495 e. The monoisotopic (exact) mass is 422 g/mol. The number of carbonyl (C=O) groups excluding carboxylic acids is 2. The molecule has 0 saturated carbocycles. The van der Waals surface area contributed by atoms with Gasteiger partial charge in [0.2, 0.25) is 0 Å². The third-order valence-corrected chi connectivity index (χ3v) is 4.57. The molecule has 162 valence electrons. The minimum absolute atomic E-state index is 0.0455. The molecule has 0 aliphatic rings. The van der Waals surface area contributed by atoms with Gasteiger partial charge in [0.25, 0.3) is 11.8 Å². The molecular weight excluding hydrogens is 396 g/mol. The van der Waals surface area contributed by atoms with Crippen LogP contribution >= 0.6 is 0 Å². The van der Waals surface area contributed by atoms with Crippen molar-refractivity contribution in [2.24, 2.45) is 0 Å². The van der Waals surface area contributed by atoms with Gasteiger partial charge in [0.15, 0.2) is 12.4 Å². The molecule has 0 aliphatic heterocycles. The molecule has 0 fully saturated rings. The highest BCUT2D eigenvalue weighted by Crippen LogP contribution is 2.28. The van der Waals surface area contributed by atoms with E-state index in [2.05, 4.69) is 31.4 Å². The molecule has 2 amide bonds. The Morgan fingerprint density at radius 3 is 2.35 bits per heavy atom. The van der Waals surface area contributed by atoms with E-state index in [0.717, 1.165) is 0 Å². The lowest BCUT2D eigenvalue weighted by Crippen LogP contribution is -2.21. The molecule has 0 bridgehead atoms. The van der Waals surface area contributed by atoms with E-state index in [0.29, 0.717) is 22.9 Å². The summed E-state index contributed by atoms with van der Waals surface area (Å²) in [6.07, 6.45) is 1.42. The van der Waals surface area contributed by atoms with Crippen LogP contribution in [0.15, 0.2) is 65.3 Å². The maximum atomic E-state index is 12.4. The Labute approximate surface area is 181 Å². The number of rotatable bonds is 7. The van der Waals surface area contributed by atoms with E-state index in [9.17, 15) is 9.59 Å². The van der Waals surface area contributed by atoms with Gasteiger partial charge in [0, 0.05) is 5.69 Å². The van der Waals surface area contributed by atoms with Crippen molar-refractivity contribution < 1.29 is 23.5 Å². The first-order valence-electron chi connectivity index (χ1n) is 9.82. The van der Waals surface area contributed by atoms with Gasteiger partial charge in [-0.2, -0.15) is 0 Å². The van der Waals surface area contributed by atoms with Crippen molar-refractivity contribution in [3.05, 3.63) is 72.2 Å². The van der Waals surface area contributed by atoms with Gasteiger partial charge in [-0.05, 0) is 53.4 Å². The molecule has 2 aromatic carbocycles. The number of hydrogen-bond acceptors (Lipinski definition) is 5. The lowest BCUT2D eigenvalue weighted by Gasteiger charge is -2.19. The molecule has 31 heavy (non-hydrogen) atoms. The average Bonchev–Trinajstić information content (AvgIpc) is 3.27. The molecular formula is C24H26N2O5. The molecule has 0 radical (unpaired) electrons. The molecule has 0 unspecified atom stereocenters. The summed E-state index contributed by atoms with van der Waals surface area (Å²) in [6.45, 7) is 6.24. The fourth-order valence-electron chi connectivity index (χ4n) is 2.87. The number of hydrogen-bond donors (Lipinski definition) is 2. The predicted octanol–water partition coefficient (Wildman–Crippen LogP) is 4.86. The van der Waals surface area contributed by atoms with Crippen LogP contribution in [0.4, 0.5) is 11.4 Å². The standard InChI is InChI=1S/C24H26N2O5/c1-24(2,3)16-7-10-18(11-8-16)31-15-22(27)26-19-14-17(9-12-20(19)29-4)25-23(28)21-6-5-13-30-21/h5-14H,15H2,1-4H3,(H,25,28)(H,26,27). The Hall–Kier alpha value is -3.74. The first kappa shape index (κ1) is 22.0. The van der Waals surface area contributed by atoms with Crippen LogP contribution in [-0.4, -0.2) is 25.5 Å². The average molecular weight is 422 g/mol. The highest BCUT2D eigenvalue weighted by atomic mass is 16.5. The van der Waals surface area contributed by atoms with Crippen LogP contribution in [0.1, 0.15) is 36.9 Å². The third-order valence-electron chi connectivity index (χ3n) is 4.57. The van der Waals surface area contributed by atoms with Crippen molar-refractivity contribution in [3.8, 4) is 11.5 Å². The summed E-state index contributed by atoms with van der Waals surface area (Å²) < 4.78 is 16.0. The van der Waals surface area contributed by atoms with Gasteiger partial charge in [-0.25, -0.2) is 0 Å². The number of furan rings is 1. The summed E-state index contributed by atoms with van der Waals surface area (Å²) in [5.41, 5.74) is 2.12. The van der Waals surface area contributed by atoms with E-state index in [4.69, 9.17) is 13.9 Å². The van der Waals surface area contributed by atoms with Crippen LogP contribution in [0.2, 0.25) is 0 Å². The molecule has 2 N–H and O–H groups in total. The van der Waals surface area contributed by atoms with Crippen LogP contribution in [0.5, 0.6) is 11.5 Å². The van der Waals surface area contributed by atoms with Crippen molar-refractivity contribution in [2.75, 3.05) is 24.4 Å². The second kappa shape index (κ2) is 9.38. The van der Waals surface area contributed by atoms with Gasteiger partial charge in [-0.1, -0.05) is 32.9 Å². The molecule has 3 rings (SSSR count). The Kier molecular flexibility index (Phi) is 6.65. The van der Waals surface area contributed by atoms with E-state index >= 15 is 0 Å². The zero-order valence-corrected chi connectivity index (χ0v) is 18.0. The number of carbonyl (C=O) groups is 2. The van der Waals surface area contributed by atoms with Crippen molar-refractivity contribution in [1.29, 1.82) is 0 Å². The molecule has 0 spiro atoms. The lowest BCUT2D eigenvalue weighted by molar-refractivity contribution is -0.118. The second-order valence-corrected chi connectivity index (χ2v) is 7.96. The third kappa shape index (κ3) is 5.88. The first-order valence-corrected chi connectivity index (χ1v) is 9.82. The number of amides is 2. The van der Waals surface area contributed by atoms with E-state index < -0.39 is 5.91 Å². The maximum Gasteiger partial charge on any atom is 0.291 e. The minimum atomic E-state index is -0.394. The van der Waals surface area contributed by atoms with Crippen molar-refractivity contribution in [1.82, 2.24) is 0 Å². The summed E-state index contributed by atoms with van der Waals surface area (Å²) in [6, 6.07) is 15.8. The fraction of sp³-hybridized carbons (Fsp3) is 0.250. The van der Waals surface area contributed by atoms with Crippen molar-refractivity contribution >= 4 is 23.2 Å².